The molecule has 0 fully saturated rings. The summed E-state index contributed by atoms with van der Waals surface area (Å²) in [6, 6.07) is 168. The quantitative estimate of drug-likeness (QED) is 0.126. The third-order valence-corrected chi connectivity index (χ3v) is 27.9. The van der Waals surface area contributed by atoms with E-state index >= 15 is 0 Å². The molecule has 0 saturated carbocycles. The van der Waals surface area contributed by atoms with E-state index in [-0.39, 0.29) is 0 Å². The highest BCUT2D eigenvalue weighted by atomic mass is 16.3. The molecule has 0 N–H and O–H groups in total. The molecule has 13 nitrogen and oxygen atoms in total. The van der Waals surface area contributed by atoms with Crippen LogP contribution in [0.5, 0.6) is 0 Å². The van der Waals surface area contributed by atoms with Crippen molar-refractivity contribution >= 4 is 153 Å². The van der Waals surface area contributed by atoms with Crippen LogP contribution in [0.3, 0.4) is 0 Å². The molecule has 7 aromatic heterocycles. The van der Waals surface area contributed by atoms with Gasteiger partial charge in [0, 0.05) is 70.7 Å². The normalized spacial score (nSPS) is 11.9. The molecule has 0 bridgehead atoms. The van der Waals surface area contributed by atoms with Crippen LogP contribution in [0.25, 0.3) is 265 Å². The molecular formula is C126H78N12O. The van der Waals surface area contributed by atoms with Crippen LogP contribution >= 0.6 is 0 Å². The molecule has 139 heavy (non-hydrogen) atoms. The minimum Gasteiger partial charge on any atom is -0.456 e. The van der Waals surface area contributed by atoms with Crippen LogP contribution in [0.2, 0.25) is 0 Å². The summed E-state index contributed by atoms with van der Waals surface area (Å²) < 4.78 is 13.6. The topological polar surface area (TPSA) is 120 Å². The Hall–Kier alpha value is -19.0. The fourth-order valence-electron chi connectivity index (χ4n) is 21.7. The number of para-hydroxylation sites is 8. The molecular weight excluding hydrogens is 1700 g/mol. The van der Waals surface area contributed by atoms with Crippen molar-refractivity contribution in [3.05, 3.63) is 473 Å². The largest absolute Gasteiger partial charge is 0.456 e. The van der Waals surface area contributed by atoms with Gasteiger partial charge in [-0.05, 0) is 228 Å². The van der Waals surface area contributed by atoms with Gasteiger partial charge in [0.15, 0.2) is 0 Å². The first-order chi connectivity index (χ1) is 68.9. The number of rotatable bonds is 11. The molecule has 0 aliphatic heterocycles. The SMILES string of the molecule is c1ccc(-c2c(-c3ccc4nn(-c5ccccc5)nc4c3)cccc2-c2cccc3oc4ccccc4c23)cc1.c1ccc(-n2nc3ccc(-c4ccccc4-n4c5ccccc5c5cc6c7ccc8ccccc8c7n(-c7ccccc7)c6cc54)cc3n2)cc1.c1ccc(-n2nc3ccc4ccc(-c5ccccc5-n5c6cccc7c6c6c8c(cccc8ccc65)-c5ccccc5-7)cc4c3n2)cc1. The number of hydrogen-bond donors (Lipinski definition) is 0. The van der Waals surface area contributed by atoms with Gasteiger partial charge in [0.1, 0.15) is 44.3 Å². The molecule has 29 aromatic rings. The number of aromatic nitrogens is 12. The van der Waals surface area contributed by atoms with E-state index in [1.165, 1.54) is 115 Å². The highest BCUT2D eigenvalue weighted by molar-refractivity contribution is 6.31. The fourth-order valence-corrected chi connectivity index (χ4v) is 21.7. The van der Waals surface area contributed by atoms with Crippen LogP contribution in [0.1, 0.15) is 0 Å². The number of fused-ring (bicyclic) bond motifs is 19. The first-order valence-corrected chi connectivity index (χ1v) is 47.0. The Kier molecular flexibility index (Phi) is 18.0. The molecule has 13 heteroatoms. The van der Waals surface area contributed by atoms with Crippen molar-refractivity contribution < 1.29 is 4.42 Å². The highest BCUT2D eigenvalue weighted by Gasteiger charge is 2.29. The molecule has 30 rings (SSSR count). The van der Waals surface area contributed by atoms with Gasteiger partial charge in [0.2, 0.25) is 0 Å². The van der Waals surface area contributed by atoms with Crippen molar-refractivity contribution in [1.82, 2.24) is 58.7 Å². The van der Waals surface area contributed by atoms with Crippen molar-refractivity contribution in [3.63, 3.8) is 0 Å². The zero-order chi connectivity index (χ0) is 91.3. The number of nitrogens with zero attached hydrogens (tertiary/aromatic N) is 12. The lowest BCUT2D eigenvalue weighted by molar-refractivity contribution is 0.669. The molecule has 0 radical (unpaired) electrons. The van der Waals surface area contributed by atoms with E-state index in [9.17, 15) is 0 Å². The zero-order valence-electron chi connectivity index (χ0n) is 74.8. The molecule has 1 aliphatic carbocycles. The predicted molar refractivity (Wildman–Crippen MR) is 571 cm³/mol. The van der Waals surface area contributed by atoms with Crippen LogP contribution in [-0.4, -0.2) is 58.7 Å². The Morgan fingerprint density at radius 1 is 0.180 bits per heavy atom. The lowest BCUT2D eigenvalue weighted by Gasteiger charge is -2.17. The Morgan fingerprint density at radius 3 is 1.29 bits per heavy atom. The van der Waals surface area contributed by atoms with Gasteiger partial charge in [0.25, 0.3) is 0 Å². The second-order valence-corrected chi connectivity index (χ2v) is 35.7. The molecule has 0 amide bonds. The smallest absolute Gasteiger partial charge is 0.136 e. The average molecular weight is 1780 g/mol. The summed E-state index contributed by atoms with van der Waals surface area (Å²) >= 11 is 0. The number of hydrogen-bond acceptors (Lipinski definition) is 7. The van der Waals surface area contributed by atoms with E-state index < -0.39 is 0 Å². The molecule has 0 saturated heterocycles. The summed E-state index contributed by atoms with van der Waals surface area (Å²) in [5.74, 6) is 0. The monoisotopic (exact) mass is 1770 g/mol. The second kappa shape index (κ2) is 31.9. The second-order valence-electron chi connectivity index (χ2n) is 35.7. The van der Waals surface area contributed by atoms with E-state index in [0.717, 1.165) is 150 Å². The summed E-state index contributed by atoms with van der Waals surface area (Å²) in [5, 5.41) is 46.1. The molecule has 0 unspecified atom stereocenters. The van der Waals surface area contributed by atoms with Crippen molar-refractivity contribution in [3.8, 4) is 112 Å². The first kappa shape index (κ1) is 78.7. The van der Waals surface area contributed by atoms with Crippen molar-refractivity contribution in [2.45, 2.75) is 0 Å². The van der Waals surface area contributed by atoms with Crippen LogP contribution in [-0.2, 0) is 0 Å². The molecule has 648 valence electrons. The standard InChI is InChI=1S/C46H29N5.C44H26N4.C36H23N3O/c1-3-14-32(15-4-1)49-44-29-45-38(28-39(44)37-25-23-30-13-7-8-19-35(30)46(37)49)36-20-10-12-22-43(36)50(45)42-21-11-9-18-34(42)31-24-26-40-41(27-31)48-51(47-40)33-16-5-2-6-17-33;1-2-11-30(12-3-1)48-45-37-24-22-27-20-21-29(26-36(27)44(37)46-48)31-13-6-7-18-38(31)47-39-19-9-17-35-33-15-5-4-14-32(33)34-16-8-10-28-23-25-40(47)43(41(28)34)42(35)39;1-3-11-24(12-4-1)35-27(25-21-22-31-32(23-25)38-39(37-31)26-13-5-2-6-14-26)16-9-17-28(35)29-18-10-20-34-36(29)30-15-7-8-19-33(30)40-34/h1-29H;1-26H;1-23H. The van der Waals surface area contributed by atoms with Gasteiger partial charge in [-0.25, -0.2) is 0 Å². The van der Waals surface area contributed by atoms with Crippen LogP contribution in [0.15, 0.2) is 478 Å². The van der Waals surface area contributed by atoms with Gasteiger partial charge in [-0.15, -0.1) is 30.6 Å². The molecule has 1 aliphatic rings. The lowest BCUT2D eigenvalue weighted by Crippen LogP contribution is -1.98. The summed E-state index contributed by atoms with van der Waals surface area (Å²) in [6.07, 6.45) is 0. The lowest BCUT2D eigenvalue weighted by atomic mass is 9.86. The summed E-state index contributed by atoms with van der Waals surface area (Å²) in [6.45, 7) is 0. The number of benzene rings is 22. The molecule has 0 spiro atoms. The Labute approximate surface area is 795 Å². The van der Waals surface area contributed by atoms with E-state index in [0.29, 0.717) is 0 Å². The van der Waals surface area contributed by atoms with E-state index in [2.05, 4.69) is 384 Å². The maximum absolute atomic E-state index is 6.24. The summed E-state index contributed by atoms with van der Waals surface area (Å²) in [4.78, 5) is 5.16. The van der Waals surface area contributed by atoms with Crippen molar-refractivity contribution in [2.75, 3.05) is 0 Å². The van der Waals surface area contributed by atoms with Crippen molar-refractivity contribution in [2.24, 2.45) is 0 Å². The maximum atomic E-state index is 6.24. The summed E-state index contributed by atoms with van der Waals surface area (Å²) in [7, 11) is 0. The minimum atomic E-state index is 0.855. The van der Waals surface area contributed by atoms with E-state index in [1.807, 2.05) is 103 Å². The van der Waals surface area contributed by atoms with Crippen LogP contribution < -0.4 is 0 Å². The Bertz CT molecular complexity index is 10000. The first-order valence-electron chi connectivity index (χ1n) is 47.0. The van der Waals surface area contributed by atoms with Gasteiger partial charge >= 0.3 is 0 Å². The van der Waals surface area contributed by atoms with Gasteiger partial charge in [-0.1, -0.05) is 334 Å². The van der Waals surface area contributed by atoms with Gasteiger partial charge in [-0.2, -0.15) is 14.4 Å². The predicted octanol–water partition coefficient (Wildman–Crippen LogP) is 31.9. The van der Waals surface area contributed by atoms with E-state index in [1.54, 1.807) is 14.4 Å². The van der Waals surface area contributed by atoms with Gasteiger partial charge in [0.05, 0.1) is 61.5 Å². The average Bonchev–Trinajstić information content (AvgIpc) is 1.67. The highest BCUT2D eigenvalue weighted by Crippen LogP contribution is 2.53. The van der Waals surface area contributed by atoms with Gasteiger partial charge in [-0.3, -0.25) is 0 Å². The minimum absolute atomic E-state index is 0.855. The maximum Gasteiger partial charge on any atom is 0.136 e. The zero-order valence-corrected chi connectivity index (χ0v) is 74.8. The fraction of sp³-hybridized carbons (Fsp3) is 0. The Morgan fingerprint density at radius 2 is 0.604 bits per heavy atom. The molecule has 7 heterocycles. The van der Waals surface area contributed by atoms with Crippen molar-refractivity contribution in [1.29, 1.82) is 0 Å². The number of furan rings is 1. The van der Waals surface area contributed by atoms with Crippen LogP contribution in [0.4, 0.5) is 0 Å². The molecule has 22 aromatic carbocycles. The van der Waals surface area contributed by atoms with Gasteiger partial charge < -0.3 is 18.1 Å². The third kappa shape index (κ3) is 12.8. The third-order valence-electron chi connectivity index (χ3n) is 27.9. The summed E-state index contributed by atoms with van der Waals surface area (Å²) in [5.41, 5.74) is 37.0. The Balaban J connectivity index is 0.000000103. The van der Waals surface area contributed by atoms with Crippen LogP contribution in [0, 0.1) is 0 Å². The molecule has 0 atom stereocenters. The van der Waals surface area contributed by atoms with E-state index in [4.69, 9.17) is 35.0 Å².